The normalized spacial score (nSPS) is 26.2. The first kappa shape index (κ1) is 20.5. The third-order valence-corrected chi connectivity index (χ3v) is 9.55. The van der Waals surface area contributed by atoms with Gasteiger partial charge in [-0.15, -0.1) is 21.5 Å². The first-order valence-electron chi connectivity index (χ1n) is 9.69. The van der Waals surface area contributed by atoms with E-state index in [2.05, 4.69) is 26.0 Å². The van der Waals surface area contributed by atoms with Gasteiger partial charge in [-0.1, -0.05) is 11.6 Å². The van der Waals surface area contributed by atoms with Crippen molar-refractivity contribution in [3.05, 3.63) is 40.3 Å². The Balaban J connectivity index is 1.51. The molecule has 4 heterocycles. The van der Waals surface area contributed by atoms with Gasteiger partial charge in [0.05, 0.1) is 30.9 Å². The van der Waals surface area contributed by atoms with E-state index in [0.717, 1.165) is 33.7 Å². The van der Waals surface area contributed by atoms with Crippen molar-refractivity contribution < 1.29 is 8.63 Å². The van der Waals surface area contributed by atoms with E-state index >= 15 is 0 Å². The van der Waals surface area contributed by atoms with Crippen molar-refractivity contribution in [3.63, 3.8) is 0 Å². The van der Waals surface area contributed by atoms with E-state index in [0.29, 0.717) is 22.7 Å². The molecule has 1 unspecified atom stereocenters. The Bertz CT molecular complexity index is 1310. The summed E-state index contributed by atoms with van der Waals surface area (Å²) in [6, 6.07) is 3.81. The van der Waals surface area contributed by atoms with Crippen molar-refractivity contribution in [3.8, 4) is 21.9 Å². The number of halogens is 1. The lowest BCUT2D eigenvalue weighted by atomic mass is 10.0. The van der Waals surface area contributed by atoms with E-state index < -0.39 is 15.2 Å². The molecule has 1 saturated carbocycles. The minimum absolute atomic E-state index is 0.186. The van der Waals surface area contributed by atoms with Crippen molar-refractivity contribution >= 4 is 44.5 Å². The predicted molar refractivity (Wildman–Crippen MR) is 125 cm³/mol. The van der Waals surface area contributed by atoms with Crippen LogP contribution in [0, 0.1) is 0 Å². The van der Waals surface area contributed by atoms with Crippen LogP contribution in [0.3, 0.4) is 0 Å². The van der Waals surface area contributed by atoms with Gasteiger partial charge in [-0.25, -0.2) is 9.20 Å². The number of nitrogens with two attached hydrogens (primary N) is 1. The summed E-state index contributed by atoms with van der Waals surface area (Å²) < 4.78 is 20.2. The zero-order valence-corrected chi connectivity index (χ0v) is 19.4. The molecule has 3 aromatic rings. The number of thiophene rings is 1. The van der Waals surface area contributed by atoms with Gasteiger partial charge in [0.15, 0.2) is 0 Å². The van der Waals surface area contributed by atoms with Gasteiger partial charge in [-0.05, 0) is 37.8 Å². The molecule has 0 spiro atoms. The molecule has 8 nitrogen and oxygen atoms in total. The predicted octanol–water partition coefficient (Wildman–Crippen LogP) is 3.50. The Kier molecular flexibility index (Phi) is 4.65. The summed E-state index contributed by atoms with van der Waals surface area (Å²) in [5.74, 6) is 5.80. The smallest absolute Gasteiger partial charge is 0.249 e. The molecule has 0 radical (unpaired) electrons. The number of guanidine groups is 1. The lowest BCUT2D eigenvalue weighted by Crippen LogP contribution is -2.50. The molecular formula is C20H21ClN6O2S2. The molecule has 5 rings (SSSR count). The number of hydrogen-bond acceptors (Lipinski definition) is 8. The van der Waals surface area contributed by atoms with Crippen LogP contribution in [0.2, 0.25) is 5.02 Å². The van der Waals surface area contributed by atoms with Crippen LogP contribution in [0.4, 0.5) is 0 Å². The van der Waals surface area contributed by atoms with Crippen molar-refractivity contribution in [2.75, 3.05) is 12.8 Å². The van der Waals surface area contributed by atoms with E-state index in [1.165, 1.54) is 15.6 Å². The maximum Gasteiger partial charge on any atom is 0.249 e. The molecule has 1 aliphatic carbocycles. The van der Waals surface area contributed by atoms with Crippen LogP contribution >= 0.6 is 22.9 Å². The maximum atomic E-state index is 13.0. The largest absolute Gasteiger partial charge is 0.420 e. The lowest BCUT2D eigenvalue weighted by molar-refractivity contribution is 0.508. The second-order valence-electron chi connectivity index (χ2n) is 8.13. The molecule has 2 aliphatic rings. The number of hydrogen-bond donors (Lipinski definition) is 1. The third kappa shape index (κ3) is 3.62. The Hall–Kier alpha value is -2.43. The third-order valence-electron chi connectivity index (χ3n) is 5.50. The summed E-state index contributed by atoms with van der Waals surface area (Å²) in [5.41, 5.74) is 6.82. The second kappa shape index (κ2) is 7.04. The fourth-order valence-electron chi connectivity index (χ4n) is 3.59. The summed E-state index contributed by atoms with van der Waals surface area (Å²) >= 11 is 8.08. The van der Waals surface area contributed by atoms with Crippen LogP contribution in [0.25, 0.3) is 21.9 Å². The minimum atomic E-state index is -2.60. The molecule has 11 heteroatoms. The summed E-state index contributed by atoms with van der Waals surface area (Å²) in [5, 5.41) is 8.85. The molecule has 162 valence electrons. The van der Waals surface area contributed by atoms with E-state index in [1.807, 2.05) is 19.1 Å². The highest BCUT2D eigenvalue weighted by Crippen LogP contribution is 2.44. The highest BCUT2D eigenvalue weighted by Gasteiger charge is 2.39. The van der Waals surface area contributed by atoms with E-state index in [9.17, 15) is 4.21 Å². The van der Waals surface area contributed by atoms with Gasteiger partial charge in [0.2, 0.25) is 17.7 Å². The van der Waals surface area contributed by atoms with E-state index in [1.54, 1.807) is 19.4 Å². The van der Waals surface area contributed by atoms with Crippen LogP contribution in [-0.4, -0.2) is 48.3 Å². The molecule has 1 aliphatic heterocycles. The summed E-state index contributed by atoms with van der Waals surface area (Å²) in [4.78, 5) is 10.6. The van der Waals surface area contributed by atoms with Crippen molar-refractivity contribution in [1.82, 2.24) is 19.5 Å². The number of nitrogens with zero attached hydrogens (tertiary/aromatic N) is 5. The van der Waals surface area contributed by atoms with Crippen LogP contribution in [0.1, 0.15) is 36.5 Å². The zero-order chi connectivity index (χ0) is 22.0. The Labute approximate surface area is 189 Å². The van der Waals surface area contributed by atoms with Crippen molar-refractivity contribution in [2.24, 2.45) is 10.7 Å². The fourth-order valence-corrected chi connectivity index (χ4v) is 6.96. The molecule has 1 fully saturated rings. The molecular weight excluding hydrogens is 456 g/mol. The minimum Gasteiger partial charge on any atom is -0.420 e. The number of rotatable bonds is 4. The molecule has 0 saturated heterocycles. The van der Waals surface area contributed by atoms with Crippen molar-refractivity contribution in [2.45, 2.75) is 31.2 Å². The molecule has 2 atom stereocenters. The Morgan fingerprint density at radius 1 is 1.32 bits per heavy atom. The average Bonchev–Trinajstić information content (AvgIpc) is 3.30. The molecule has 0 aromatic carbocycles. The highest BCUT2D eigenvalue weighted by molar-refractivity contribution is 7.98. The molecule has 0 bridgehead atoms. The quantitative estimate of drug-likeness (QED) is 0.577. The summed E-state index contributed by atoms with van der Waals surface area (Å²) in [7, 11) is -0.958. The van der Waals surface area contributed by atoms with Gasteiger partial charge in [0, 0.05) is 35.8 Å². The first-order chi connectivity index (χ1) is 14.7. The number of pyridine rings is 1. The van der Waals surface area contributed by atoms with E-state index in [-0.39, 0.29) is 11.7 Å². The van der Waals surface area contributed by atoms with Crippen LogP contribution < -0.4 is 5.73 Å². The fraction of sp³-hybridized carbons (Fsp3) is 0.350. The lowest BCUT2D eigenvalue weighted by Gasteiger charge is -2.36. The van der Waals surface area contributed by atoms with Gasteiger partial charge in [-0.3, -0.25) is 9.29 Å². The summed E-state index contributed by atoms with van der Waals surface area (Å²) in [6.45, 7) is 1.88. The van der Waals surface area contributed by atoms with Gasteiger partial charge < -0.3 is 10.2 Å². The molecule has 2 N–H and O–H groups in total. The van der Waals surface area contributed by atoms with Gasteiger partial charge in [0.1, 0.15) is 5.54 Å². The zero-order valence-electron chi connectivity index (χ0n) is 17.0. The van der Waals surface area contributed by atoms with Gasteiger partial charge in [-0.2, -0.15) is 0 Å². The topological polar surface area (TPSA) is 110 Å². The van der Waals surface area contributed by atoms with Crippen LogP contribution in [0.15, 0.2) is 33.9 Å². The van der Waals surface area contributed by atoms with Crippen molar-refractivity contribution in [1.29, 1.82) is 0 Å². The molecule has 31 heavy (non-hydrogen) atoms. The number of aliphatic imine (C=N–C) groups is 1. The van der Waals surface area contributed by atoms with Gasteiger partial charge in [0.25, 0.3) is 0 Å². The first-order valence-corrected chi connectivity index (χ1v) is 12.7. The van der Waals surface area contributed by atoms with E-state index in [4.69, 9.17) is 21.8 Å². The Morgan fingerprint density at radius 3 is 2.77 bits per heavy atom. The number of aromatic nitrogens is 3. The monoisotopic (exact) mass is 476 g/mol. The molecule has 3 aromatic heterocycles. The molecule has 0 amide bonds. The van der Waals surface area contributed by atoms with Gasteiger partial charge >= 0.3 is 0 Å². The standard InChI is InChI=1S/C20H21ClN6O2S2/c1-20(10-31(3,28)27(2)19(22)24-20)16-14(21)7-15(30-16)12-6-13(9-23-8-12)18-26-25-17(29-18)11-4-5-11/h6-9,11H,3-5,10H2,1-2H3,(H2,22,24)/t20-,31?/m0/s1. The Morgan fingerprint density at radius 2 is 2.06 bits per heavy atom. The maximum absolute atomic E-state index is 13.0. The van der Waals surface area contributed by atoms with Crippen LogP contribution in [-0.2, 0) is 15.2 Å². The van der Waals surface area contributed by atoms with Crippen LogP contribution in [0.5, 0.6) is 0 Å². The summed E-state index contributed by atoms with van der Waals surface area (Å²) in [6.07, 6.45) is 5.65. The second-order valence-corrected chi connectivity index (χ2v) is 12.0. The SMILES string of the molecule is C=S1(=O)C[C@@](C)(c2sc(-c3cncc(-c4nnc(C5CC5)o4)c3)cc2Cl)N=C(N)N1C. The highest BCUT2D eigenvalue weighted by atomic mass is 35.5. The average molecular weight is 477 g/mol.